The fourth-order valence-electron chi connectivity index (χ4n) is 2.40. The molecule has 6 nitrogen and oxygen atoms in total. The van der Waals surface area contributed by atoms with E-state index in [4.69, 9.17) is 0 Å². The standard InChI is InChI=1S/C13H17N5OS/c1-9-15-10(8-20-9)6-13(19)12-7-18(17-16-12)11-2-4-14-5-3-11/h7-8,11,14H,2-6H2,1H3. The summed E-state index contributed by atoms with van der Waals surface area (Å²) < 4.78 is 1.83. The number of hydrogen-bond acceptors (Lipinski definition) is 6. The molecule has 0 bridgehead atoms. The number of thiazole rings is 1. The summed E-state index contributed by atoms with van der Waals surface area (Å²) in [5.74, 6) is -0.0181. The molecule has 2 aromatic rings. The SMILES string of the molecule is Cc1nc(CC(=O)c2cn(C3CCNCC3)nn2)cs1. The van der Waals surface area contributed by atoms with Gasteiger partial charge in [-0.1, -0.05) is 5.21 Å². The quantitative estimate of drug-likeness (QED) is 0.862. The molecule has 0 radical (unpaired) electrons. The summed E-state index contributed by atoms with van der Waals surface area (Å²) >= 11 is 1.56. The number of ketones is 1. The van der Waals surface area contributed by atoms with E-state index in [9.17, 15) is 4.79 Å². The molecule has 2 aromatic heterocycles. The van der Waals surface area contributed by atoms with Crippen molar-refractivity contribution in [1.29, 1.82) is 0 Å². The Hall–Kier alpha value is -1.60. The number of Topliss-reactive ketones (excluding diaryl/α,β-unsaturated/α-hetero) is 1. The van der Waals surface area contributed by atoms with Gasteiger partial charge in [-0.05, 0) is 32.9 Å². The van der Waals surface area contributed by atoms with Gasteiger partial charge in [-0.15, -0.1) is 16.4 Å². The number of carbonyl (C=O) groups excluding carboxylic acids is 1. The molecule has 0 aromatic carbocycles. The molecule has 0 saturated carbocycles. The largest absolute Gasteiger partial charge is 0.317 e. The monoisotopic (exact) mass is 291 g/mol. The second-order valence-corrected chi connectivity index (χ2v) is 6.09. The maximum atomic E-state index is 12.2. The molecular formula is C13H17N5OS. The van der Waals surface area contributed by atoms with Crippen LogP contribution in [0.15, 0.2) is 11.6 Å². The smallest absolute Gasteiger partial charge is 0.190 e. The van der Waals surface area contributed by atoms with Crippen molar-refractivity contribution in [3.05, 3.63) is 28.0 Å². The fraction of sp³-hybridized carbons (Fsp3) is 0.538. The zero-order chi connectivity index (χ0) is 13.9. The molecule has 1 fully saturated rings. The van der Waals surface area contributed by atoms with Crippen LogP contribution < -0.4 is 5.32 Å². The molecule has 0 atom stereocenters. The van der Waals surface area contributed by atoms with Crippen LogP contribution in [0, 0.1) is 6.92 Å². The van der Waals surface area contributed by atoms with Crippen LogP contribution in [0.1, 0.15) is 40.1 Å². The average Bonchev–Trinajstić information content (AvgIpc) is 3.09. The molecule has 3 rings (SSSR count). The highest BCUT2D eigenvalue weighted by Crippen LogP contribution is 2.17. The summed E-state index contributed by atoms with van der Waals surface area (Å²) in [5, 5.41) is 14.3. The first kappa shape index (κ1) is 13.4. The number of rotatable bonds is 4. The molecule has 0 spiro atoms. The summed E-state index contributed by atoms with van der Waals surface area (Å²) in [4.78, 5) is 16.5. The first-order chi connectivity index (χ1) is 9.72. The van der Waals surface area contributed by atoms with Gasteiger partial charge in [-0.2, -0.15) is 0 Å². The van der Waals surface area contributed by atoms with Crippen LogP contribution in [-0.4, -0.2) is 38.9 Å². The lowest BCUT2D eigenvalue weighted by Crippen LogP contribution is -2.29. The number of aryl methyl sites for hydroxylation is 1. The van der Waals surface area contributed by atoms with Gasteiger partial charge in [0.1, 0.15) is 5.69 Å². The molecule has 1 aliphatic heterocycles. The third-order valence-corrected chi connectivity index (χ3v) is 4.31. The summed E-state index contributed by atoms with van der Waals surface area (Å²) in [6.07, 6.45) is 4.14. The number of aromatic nitrogens is 4. The second kappa shape index (κ2) is 5.80. The van der Waals surface area contributed by atoms with E-state index in [1.165, 1.54) is 0 Å². The molecule has 0 amide bonds. The Morgan fingerprint density at radius 2 is 2.30 bits per heavy atom. The molecule has 1 N–H and O–H groups in total. The van der Waals surface area contributed by atoms with E-state index in [1.54, 1.807) is 17.5 Å². The normalized spacial score (nSPS) is 16.4. The molecule has 0 aliphatic carbocycles. The Labute approximate surface area is 121 Å². The molecule has 1 saturated heterocycles. The van der Waals surface area contributed by atoms with Crippen LogP contribution in [-0.2, 0) is 6.42 Å². The lowest BCUT2D eigenvalue weighted by Gasteiger charge is -2.22. The van der Waals surface area contributed by atoms with E-state index < -0.39 is 0 Å². The summed E-state index contributed by atoms with van der Waals surface area (Å²) in [5.41, 5.74) is 1.25. The minimum absolute atomic E-state index is 0.0181. The van der Waals surface area contributed by atoms with Crippen LogP contribution in [0.5, 0.6) is 0 Å². The summed E-state index contributed by atoms with van der Waals surface area (Å²) in [7, 11) is 0. The van der Waals surface area contributed by atoms with E-state index in [0.29, 0.717) is 18.2 Å². The van der Waals surface area contributed by atoms with Gasteiger partial charge in [0.05, 0.1) is 29.4 Å². The molecule has 3 heterocycles. The predicted molar refractivity (Wildman–Crippen MR) is 76.0 cm³/mol. The Kier molecular flexibility index (Phi) is 3.88. The summed E-state index contributed by atoms with van der Waals surface area (Å²) in [6.45, 7) is 3.92. The van der Waals surface area contributed by atoms with Crippen molar-refractivity contribution in [3.8, 4) is 0 Å². The third-order valence-electron chi connectivity index (χ3n) is 3.49. The van der Waals surface area contributed by atoms with Crippen molar-refractivity contribution in [2.24, 2.45) is 0 Å². The first-order valence-electron chi connectivity index (χ1n) is 6.79. The van der Waals surface area contributed by atoms with Gasteiger partial charge >= 0.3 is 0 Å². The lowest BCUT2D eigenvalue weighted by atomic mass is 10.1. The maximum absolute atomic E-state index is 12.2. The topological polar surface area (TPSA) is 72.7 Å². The van der Waals surface area contributed by atoms with E-state index in [0.717, 1.165) is 36.6 Å². The Bertz CT molecular complexity index is 599. The maximum Gasteiger partial charge on any atom is 0.190 e. The number of nitrogens with one attached hydrogen (secondary N) is 1. The minimum Gasteiger partial charge on any atom is -0.317 e. The van der Waals surface area contributed by atoms with Gasteiger partial charge in [-0.25, -0.2) is 9.67 Å². The van der Waals surface area contributed by atoms with E-state index in [2.05, 4.69) is 20.6 Å². The minimum atomic E-state index is -0.0181. The predicted octanol–water partition coefficient (Wildman–Crippen LogP) is 1.39. The summed E-state index contributed by atoms with van der Waals surface area (Å²) in [6, 6.07) is 0.354. The van der Waals surface area contributed by atoms with Crippen LogP contribution in [0.25, 0.3) is 0 Å². The molecule has 20 heavy (non-hydrogen) atoms. The molecule has 0 unspecified atom stereocenters. The van der Waals surface area contributed by atoms with Crippen LogP contribution in [0.3, 0.4) is 0 Å². The van der Waals surface area contributed by atoms with Crippen molar-refractivity contribution >= 4 is 17.1 Å². The first-order valence-corrected chi connectivity index (χ1v) is 7.67. The van der Waals surface area contributed by atoms with Crippen LogP contribution in [0.4, 0.5) is 0 Å². The molecule has 7 heteroatoms. The van der Waals surface area contributed by atoms with Crippen LogP contribution in [0.2, 0.25) is 0 Å². The van der Waals surface area contributed by atoms with Crippen molar-refractivity contribution in [2.75, 3.05) is 13.1 Å². The molecule has 106 valence electrons. The van der Waals surface area contributed by atoms with Gasteiger partial charge in [0.2, 0.25) is 0 Å². The fourth-order valence-corrected chi connectivity index (χ4v) is 3.01. The van der Waals surface area contributed by atoms with Gasteiger partial charge in [0, 0.05) is 5.38 Å². The molecule has 1 aliphatic rings. The zero-order valence-electron chi connectivity index (χ0n) is 11.4. The van der Waals surface area contributed by atoms with Crippen molar-refractivity contribution < 1.29 is 4.79 Å². The molecular weight excluding hydrogens is 274 g/mol. The lowest BCUT2D eigenvalue weighted by molar-refractivity contribution is 0.0987. The van der Waals surface area contributed by atoms with E-state index >= 15 is 0 Å². The Morgan fingerprint density at radius 1 is 1.50 bits per heavy atom. The Morgan fingerprint density at radius 3 is 3.00 bits per heavy atom. The number of hydrogen-bond donors (Lipinski definition) is 1. The van der Waals surface area contributed by atoms with Crippen molar-refractivity contribution in [1.82, 2.24) is 25.3 Å². The second-order valence-electron chi connectivity index (χ2n) is 5.02. The van der Waals surface area contributed by atoms with Crippen LogP contribution >= 0.6 is 11.3 Å². The van der Waals surface area contributed by atoms with Gasteiger partial charge in [0.15, 0.2) is 5.78 Å². The van der Waals surface area contributed by atoms with Gasteiger partial charge in [0.25, 0.3) is 0 Å². The van der Waals surface area contributed by atoms with E-state index in [1.807, 2.05) is 17.0 Å². The highest BCUT2D eigenvalue weighted by molar-refractivity contribution is 7.09. The number of carbonyl (C=O) groups is 1. The highest BCUT2D eigenvalue weighted by Gasteiger charge is 2.19. The third kappa shape index (κ3) is 2.94. The van der Waals surface area contributed by atoms with Crippen molar-refractivity contribution in [3.63, 3.8) is 0 Å². The highest BCUT2D eigenvalue weighted by atomic mass is 32.1. The van der Waals surface area contributed by atoms with Crippen molar-refractivity contribution in [2.45, 2.75) is 32.2 Å². The zero-order valence-corrected chi connectivity index (χ0v) is 12.2. The number of piperidine rings is 1. The number of nitrogens with zero attached hydrogens (tertiary/aromatic N) is 4. The van der Waals surface area contributed by atoms with E-state index in [-0.39, 0.29) is 5.78 Å². The Balaban J connectivity index is 1.67. The van der Waals surface area contributed by atoms with Gasteiger partial charge in [-0.3, -0.25) is 4.79 Å². The van der Waals surface area contributed by atoms with Gasteiger partial charge < -0.3 is 5.32 Å². The average molecular weight is 291 g/mol.